The first-order valence-corrected chi connectivity index (χ1v) is 6.81. The van der Waals surface area contributed by atoms with Crippen molar-refractivity contribution < 1.29 is 9.72 Å². The fourth-order valence-electron chi connectivity index (χ4n) is 1.60. The third-order valence-electron chi connectivity index (χ3n) is 2.66. The molecule has 0 unspecified atom stereocenters. The van der Waals surface area contributed by atoms with Gasteiger partial charge in [-0.25, -0.2) is 4.98 Å². The number of thiazole rings is 1. The zero-order chi connectivity index (χ0) is 14.7. The van der Waals surface area contributed by atoms with E-state index < -0.39 is 10.8 Å². The summed E-state index contributed by atoms with van der Waals surface area (Å²) in [4.78, 5) is 27.5. The van der Waals surface area contributed by atoms with Gasteiger partial charge in [-0.1, -0.05) is 26.0 Å². The van der Waals surface area contributed by atoms with Gasteiger partial charge in [-0.3, -0.25) is 20.2 Å². The summed E-state index contributed by atoms with van der Waals surface area (Å²) >= 11 is 1.37. The number of anilines is 1. The number of nitrogens with zero attached hydrogens (tertiary/aromatic N) is 2. The molecular weight excluding hydrogens is 278 g/mol. The van der Waals surface area contributed by atoms with Crippen molar-refractivity contribution in [2.45, 2.75) is 19.8 Å². The van der Waals surface area contributed by atoms with E-state index in [1.54, 1.807) is 12.3 Å². The zero-order valence-corrected chi connectivity index (χ0v) is 11.8. The monoisotopic (exact) mass is 291 g/mol. The summed E-state index contributed by atoms with van der Waals surface area (Å²) in [5.41, 5.74) is -0.190. The molecule has 0 saturated heterocycles. The van der Waals surface area contributed by atoms with Crippen molar-refractivity contribution in [2.24, 2.45) is 0 Å². The van der Waals surface area contributed by atoms with Gasteiger partial charge in [0.25, 0.3) is 11.6 Å². The van der Waals surface area contributed by atoms with Gasteiger partial charge in [0.1, 0.15) is 5.56 Å². The van der Waals surface area contributed by atoms with E-state index in [-0.39, 0.29) is 11.3 Å². The van der Waals surface area contributed by atoms with Gasteiger partial charge in [-0.15, -0.1) is 11.3 Å². The number of nitrogens with one attached hydrogen (secondary N) is 1. The number of carbonyl (C=O) groups excluding carboxylic acids is 1. The summed E-state index contributed by atoms with van der Waals surface area (Å²) in [5.74, 6) is -0.203. The molecule has 1 aromatic heterocycles. The van der Waals surface area contributed by atoms with E-state index in [1.807, 2.05) is 13.8 Å². The van der Waals surface area contributed by atoms with Crippen LogP contribution in [0.15, 0.2) is 30.5 Å². The second kappa shape index (κ2) is 5.79. The molecule has 104 valence electrons. The Labute approximate surface area is 119 Å². The molecule has 0 bridgehead atoms. The number of para-hydroxylation sites is 1. The summed E-state index contributed by atoms with van der Waals surface area (Å²) in [7, 11) is 0. The molecule has 2 aromatic rings. The van der Waals surface area contributed by atoms with Crippen molar-refractivity contribution >= 4 is 28.1 Å². The summed E-state index contributed by atoms with van der Waals surface area (Å²) < 4.78 is 0. The predicted molar refractivity (Wildman–Crippen MR) is 77.3 cm³/mol. The van der Waals surface area contributed by atoms with Crippen molar-refractivity contribution in [3.8, 4) is 0 Å². The molecule has 0 aliphatic carbocycles. The number of hydrogen-bond acceptors (Lipinski definition) is 5. The molecule has 1 N–H and O–H groups in total. The average Bonchev–Trinajstić information content (AvgIpc) is 2.87. The maximum Gasteiger partial charge on any atom is 0.282 e. The zero-order valence-electron chi connectivity index (χ0n) is 11.0. The molecule has 0 fully saturated rings. The van der Waals surface area contributed by atoms with Crippen LogP contribution in [-0.2, 0) is 0 Å². The second-order valence-corrected chi connectivity index (χ2v) is 5.51. The van der Waals surface area contributed by atoms with Gasteiger partial charge in [0, 0.05) is 17.1 Å². The molecule has 7 heteroatoms. The minimum Gasteiger partial charge on any atom is -0.298 e. The van der Waals surface area contributed by atoms with Gasteiger partial charge >= 0.3 is 0 Å². The highest BCUT2D eigenvalue weighted by molar-refractivity contribution is 7.15. The smallest absolute Gasteiger partial charge is 0.282 e. The Morgan fingerprint density at radius 2 is 2.10 bits per heavy atom. The van der Waals surface area contributed by atoms with Crippen LogP contribution in [0.4, 0.5) is 10.8 Å². The lowest BCUT2D eigenvalue weighted by Crippen LogP contribution is -2.13. The minimum absolute atomic E-state index is 0.0267. The van der Waals surface area contributed by atoms with Crippen LogP contribution in [0.1, 0.15) is 35.0 Å². The Morgan fingerprint density at radius 3 is 2.70 bits per heavy atom. The van der Waals surface area contributed by atoms with E-state index in [1.165, 1.54) is 29.5 Å². The molecule has 2 rings (SSSR count). The standard InChI is InChI=1S/C13H13N3O3S/c1-8(2)11-7-14-13(20-11)15-12(17)9-5-3-4-6-10(9)16(18)19/h3-8H,1-2H3,(H,14,15,17). The van der Waals surface area contributed by atoms with Gasteiger partial charge in [-0.2, -0.15) is 0 Å². The maximum absolute atomic E-state index is 12.1. The topological polar surface area (TPSA) is 85.1 Å². The highest BCUT2D eigenvalue weighted by atomic mass is 32.1. The van der Waals surface area contributed by atoms with Gasteiger partial charge < -0.3 is 0 Å². The van der Waals surface area contributed by atoms with Gasteiger partial charge in [0.15, 0.2) is 5.13 Å². The first kappa shape index (κ1) is 14.1. The quantitative estimate of drug-likeness (QED) is 0.690. The normalized spacial score (nSPS) is 10.6. The third-order valence-corrected chi connectivity index (χ3v) is 3.87. The van der Waals surface area contributed by atoms with Gasteiger partial charge in [0.05, 0.1) is 4.92 Å². The molecule has 1 aromatic carbocycles. The van der Waals surface area contributed by atoms with Gasteiger partial charge in [-0.05, 0) is 12.0 Å². The van der Waals surface area contributed by atoms with Crippen molar-refractivity contribution in [1.82, 2.24) is 4.98 Å². The Balaban J connectivity index is 2.22. The lowest BCUT2D eigenvalue weighted by molar-refractivity contribution is -0.385. The molecule has 0 saturated carbocycles. The van der Waals surface area contributed by atoms with Gasteiger partial charge in [0.2, 0.25) is 0 Å². The van der Waals surface area contributed by atoms with E-state index in [2.05, 4.69) is 10.3 Å². The van der Waals surface area contributed by atoms with Crippen LogP contribution in [0, 0.1) is 10.1 Å². The van der Waals surface area contributed by atoms with Crippen LogP contribution in [0.2, 0.25) is 0 Å². The Kier molecular flexibility index (Phi) is 4.09. The molecule has 0 radical (unpaired) electrons. The molecule has 0 aliphatic heterocycles. The highest BCUT2D eigenvalue weighted by Gasteiger charge is 2.20. The number of nitro benzene ring substituents is 1. The van der Waals surface area contributed by atoms with E-state index >= 15 is 0 Å². The second-order valence-electron chi connectivity index (χ2n) is 4.45. The molecule has 0 atom stereocenters. The van der Waals surface area contributed by atoms with E-state index in [0.29, 0.717) is 11.0 Å². The fourth-order valence-corrected chi connectivity index (χ4v) is 2.41. The lowest BCUT2D eigenvalue weighted by Gasteiger charge is -2.02. The van der Waals surface area contributed by atoms with Crippen LogP contribution in [0.5, 0.6) is 0 Å². The van der Waals surface area contributed by atoms with Crippen LogP contribution >= 0.6 is 11.3 Å². The van der Waals surface area contributed by atoms with Crippen molar-refractivity contribution in [3.63, 3.8) is 0 Å². The average molecular weight is 291 g/mol. The highest BCUT2D eigenvalue weighted by Crippen LogP contribution is 2.26. The molecule has 6 nitrogen and oxygen atoms in total. The molecule has 1 amide bonds. The molecule has 0 aliphatic rings. The molecule has 20 heavy (non-hydrogen) atoms. The van der Waals surface area contributed by atoms with Crippen molar-refractivity contribution in [2.75, 3.05) is 5.32 Å². The number of benzene rings is 1. The Hall–Kier alpha value is -2.28. The number of amides is 1. The SMILES string of the molecule is CC(C)c1cnc(NC(=O)c2ccccc2[N+](=O)[O-])s1. The molecule has 1 heterocycles. The Bertz CT molecular complexity index is 652. The summed E-state index contributed by atoms with van der Waals surface area (Å²) in [6.45, 7) is 4.06. The number of aromatic nitrogens is 1. The van der Waals surface area contributed by atoms with E-state index in [4.69, 9.17) is 0 Å². The first-order valence-electron chi connectivity index (χ1n) is 5.99. The van der Waals surface area contributed by atoms with Crippen LogP contribution in [0.25, 0.3) is 0 Å². The Morgan fingerprint density at radius 1 is 1.40 bits per heavy atom. The number of hydrogen-bond donors (Lipinski definition) is 1. The van der Waals surface area contributed by atoms with Crippen LogP contribution in [-0.4, -0.2) is 15.8 Å². The number of rotatable bonds is 4. The molecule has 0 spiro atoms. The summed E-state index contributed by atoms with van der Waals surface area (Å²) in [6, 6.07) is 5.83. The summed E-state index contributed by atoms with van der Waals surface area (Å²) in [6.07, 6.45) is 1.70. The van der Waals surface area contributed by atoms with E-state index in [0.717, 1.165) is 4.88 Å². The first-order chi connectivity index (χ1) is 9.49. The van der Waals surface area contributed by atoms with Crippen molar-refractivity contribution in [1.29, 1.82) is 0 Å². The minimum atomic E-state index is -0.573. The number of carbonyl (C=O) groups is 1. The van der Waals surface area contributed by atoms with E-state index in [9.17, 15) is 14.9 Å². The lowest BCUT2D eigenvalue weighted by atomic mass is 10.1. The third kappa shape index (κ3) is 3.00. The molecular formula is C13H13N3O3S. The maximum atomic E-state index is 12.1. The van der Waals surface area contributed by atoms with Crippen LogP contribution < -0.4 is 5.32 Å². The largest absolute Gasteiger partial charge is 0.298 e. The fraction of sp³-hybridized carbons (Fsp3) is 0.231. The predicted octanol–water partition coefficient (Wildman–Crippen LogP) is 3.43. The summed E-state index contributed by atoms with van der Waals surface area (Å²) in [5, 5.41) is 13.9. The van der Waals surface area contributed by atoms with Crippen LogP contribution in [0.3, 0.4) is 0 Å². The number of nitro groups is 1. The van der Waals surface area contributed by atoms with Crippen molar-refractivity contribution in [3.05, 3.63) is 51.0 Å².